The number of ether oxygens (including phenoxy) is 1. The molecule has 0 radical (unpaired) electrons. The van der Waals surface area contributed by atoms with Gasteiger partial charge in [0.1, 0.15) is 11.2 Å². The molecule has 2 amide bonds. The third-order valence-corrected chi connectivity index (χ3v) is 4.90. The van der Waals surface area contributed by atoms with Crippen LogP contribution in [0.5, 0.6) is 0 Å². The van der Waals surface area contributed by atoms with Crippen molar-refractivity contribution in [3.8, 4) is 0 Å². The second-order valence-corrected chi connectivity index (χ2v) is 6.93. The number of nitrogens with one attached hydrogen (secondary N) is 2. The summed E-state index contributed by atoms with van der Waals surface area (Å²) in [4.78, 5) is 37.4. The Hall–Kier alpha value is -3.22. The average molecular weight is 398 g/mol. The first-order chi connectivity index (χ1) is 14.0. The minimum atomic E-state index is -1.12. The summed E-state index contributed by atoms with van der Waals surface area (Å²) in [6.45, 7) is 2.27. The average Bonchev–Trinajstić information content (AvgIpc) is 3.52. The Balaban J connectivity index is 1.60. The summed E-state index contributed by atoms with van der Waals surface area (Å²) in [6, 6.07) is 12.6. The molecule has 2 N–H and O–H groups in total. The number of hydrogen-bond acceptors (Lipinski definition) is 4. The van der Waals surface area contributed by atoms with Crippen LogP contribution in [0.2, 0.25) is 0 Å². The van der Waals surface area contributed by atoms with Crippen LogP contribution < -0.4 is 10.6 Å². The zero-order valence-electron chi connectivity index (χ0n) is 16.2. The van der Waals surface area contributed by atoms with E-state index >= 15 is 0 Å². The van der Waals surface area contributed by atoms with E-state index in [9.17, 15) is 18.8 Å². The molecule has 3 rings (SSSR count). The Bertz CT molecular complexity index is 907. The van der Waals surface area contributed by atoms with Crippen molar-refractivity contribution in [2.24, 2.45) is 5.41 Å². The molecular weight excluding hydrogens is 375 g/mol. The van der Waals surface area contributed by atoms with E-state index < -0.39 is 17.3 Å². The number of amides is 2. The Labute approximate surface area is 168 Å². The van der Waals surface area contributed by atoms with E-state index in [4.69, 9.17) is 4.74 Å². The second-order valence-electron chi connectivity index (χ2n) is 6.93. The molecule has 0 aromatic heterocycles. The lowest BCUT2D eigenvalue weighted by molar-refractivity contribution is -0.134. The van der Waals surface area contributed by atoms with E-state index in [1.807, 2.05) is 0 Å². The quantitative estimate of drug-likeness (QED) is 0.529. The Morgan fingerprint density at radius 1 is 1.03 bits per heavy atom. The number of halogens is 1. The molecule has 7 heteroatoms. The summed E-state index contributed by atoms with van der Waals surface area (Å²) in [6.07, 6.45) is 1.43. The van der Waals surface area contributed by atoms with Crippen LogP contribution in [-0.4, -0.2) is 30.9 Å². The second kappa shape index (κ2) is 8.86. The van der Waals surface area contributed by atoms with E-state index in [2.05, 4.69) is 10.6 Å². The van der Waals surface area contributed by atoms with Crippen LogP contribution in [0.4, 0.5) is 10.1 Å². The number of rotatable bonds is 8. The van der Waals surface area contributed by atoms with Crippen molar-refractivity contribution < 1.29 is 23.5 Å². The molecule has 2 aromatic rings. The molecule has 2 aromatic carbocycles. The molecule has 6 nitrogen and oxygen atoms in total. The molecule has 0 bridgehead atoms. The fourth-order valence-electron chi connectivity index (χ4n) is 3.04. The fourth-order valence-corrected chi connectivity index (χ4v) is 3.04. The molecule has 0 unspecified atom stereocenters. The summed E-state index contributed by atoms with van der Waals surface area (Å²) in [5.41, 5.74) is 0.339. The standard InChI is InChI=1S/C22H23FN2O4/c1-2-29-19(26)17-5-3-4-6-18(17)25-21(28)22(12-13-22)20(27)24-14-11-15-7-9-16(23)10-8-15/h3-10H,2,11-14H2,1H3,(H,24,27)(H,25,28). The predicted octanol–water partition coefficient (Wildman–Crippen LogP) is 3.08. The van der Waals surface area contributed by atoms with E-state index in [0.717, 1.165) is 5.56 Å². The Morgan fingerprint density at radius 3 is 2.38 bits per heavy atom. The van der Waals surface area contributed by atoms with E-state index in [-0.39, 0.29) is 23.9 Å². The van der Waals surface area contributed by atoms with Crippen LogP contribution in [0.25, 0.3) is 0 Å². The SMILES string of the molecule is CCOC(=O)c1ccccc1NC(=O)C1(C(=O)NCCc2ccc(F)cc2)CC1. The van der Waals surface area contributed by atoms with Gasteiger partial charge < -0.3 is 15.4 Å². The van der Waals surface area contributed by atoms with Gasteiger partial charge in [0.15, 0.2) is 0 Å². The molecule has 1 aliphatic carbocycles. The van der Waals surface area contributed by atoms with Gasteiger partial charge in [-0.2, -0.15) is 0 Å². The lowest BCUT2D eigenvalue weighted by atomic mass is 10.0. The third kappa shape index (κ3) is 4.80. The van der Waals surface area contributed by atoms with Gasteiger partial charge in [0.25, 0.3) is 0 Å². The van der Waals surface area contributed by atoms with Gasteiger partial charge in [-0.05, 0) is 56.0 Å². The summed E-state index contributed by atoms with van der Waals surface area (Å²) >= 11 is 0. The van der Waals surface area contributed by atoms with Crippen LogP contribution >= 0.6 is 0 Å². The molecule has 0 aliphatic heterocycles. The smallest absolute Gasteiger partial charge is 0.340 e. The minimum Gasteiger partial charge on any atom is -0.462 e. The first-order valence-electron chi connectivity index (χ1n) is 9.56. The molecular formula is C22H23FN2O4. The van der Waals surface area contributed by atoms with Gasteiger partial charge in [-0.3, -0.25) is 9.59 Å². The third-order valence-electron chi connectivity index (χ3n) is 4.90. The molecule has 0 saturated heterocycles. The highest BCUT2D eigenvalue weighted by Crippen LogP contribution is 2.47. The molecule has 152 valence electrons. The molecule has 1 aliphatic rings. The molecule has 0 heterocycles. The predicted molar refractivity (Wildman–Crippen MR) is 106 cm³/mol. The number of esters is 1. The maximum Gasteiger partial charge on any atom is 0.340 e. The van der Waals surface area contributed by atoms with E-state index in [0.29, 0.717) is 31.5 Å². The highest BCUT2D eigenvalue weighted by molar-refractivity contribution is 6.14. The molecule has 0 spiro atoms. The van der Waals surface area contributed by atoms with Crippen molar-refractivity contribution >= 4 is 23.5 Å². The first-order valence-corrected chi connectivity index (χ1v) is 9.56. The zero-order chi connectivity index (χ0) is 20.9. The highest BCUT2D eigenvalue weighted by atomic mass is 19.1. The van der Waals surface area contributed by atoms with Crippen molar-refractivity contribution in [3.05, 3.63) is 65.5 Å². The lowest BCUT2D eigenvalue weighted by Crippen LogP contribution is -2.40. The van der Waals surface area contributed by atoms with Crippen molar-refractivity contribution in [1.82, 2.24) is 5.32 Å². The summed E-state index contributed by atoms with van der Waals surface area (Å²) in [5.74, 6) is -1.62. The van der Waals surface area contributed by atoms with Crippen LogP contribution in [0, 0.1) is 11.2 Å². The largest absolute Gasteiger partial charge is 0.462 e. The Morgan fingerprint density at radius 2 is 1.72 bits per heavy atom. The highest BCUT2D eigenvalue weighted by Gasteiger charge is 2.56. The van der Waals surface area contributed by atoms with Gasteiger partial charge in [-0.25, -0.2) is 9.18 Å². The number of hydrogen-bond donors (Lipinski definition) is 2. The molecule has 1 saturated carbocycles. The number of anilines is 1. The van der Waals surface area contributed by atoms with Crippen molar-refractivity contribution in [2.75, 3.05) is 18.5 Å². The van der Waals surface area contributed by atoms with Crippen molar-refractivity contribution in [2.45, 2.75) is 26.2 Å². The molecule has 1 fully saturated rings. The van der Waals surface area contributed by atoms with Gasteiger partial charge in [-0.1, -0.05) is 24.3 Å². The number of para-hydroxylation sites is 1. The van der Waals surface area contributed by atoms with Gasteiger partial charge in [-0.15, -0.1) is 0 Å². The van der Waals surface area contributed by atoms with Crippen molar-refractivity contribution in [3.63, 3.8) is 0 Å². The minimum absolute atomic E-state index is 0.224. The normalized spacial score (nSPS) is 14.0. The summed E-state index contributed by atoms with van der Waals surface area (Å²) < 4.78 is 18.0. The van der Waals surface area contributed by atoms with Crippen LogP contribution in [-0.2, 0) is 20.7 Å². The van der Waals surface area contributed by atoms with E-state index in [1.54, 1.807) is 43.3 Å². The lowest BCUT2D eigenvalue weighted by Gasteiger charge is -2.17. The van der Waals surface area contributed by atoms with Gasteiger partial charge in [0, 0.05) is 6.54 Å². The molecule has 29 heavy (non-hydrogen) atoms. The topological polar surface area (TPSA) is 84.5 Å². The van der Waals surface area contributed by atoms with Crippen molar-refractivity contribution in [1.29, 1.82) is 0 Å². The maximum atomic E-state index is 12.9. The fraction of sp³-hybridized carbons (Fsp3) is 0.318. The molecule has 0 atom stereocenters. The summed E-state index contributed by atoms with van der Waals surface area (Å²) in [5, 5.41) is 5.49. The van der Waals surface area contributed by atoms with Crippen LogP contribution in [0.1, 0.15) is 35.7 Å². The maximum absolute atomic E-state index is 12.9. The first kappa shape index (κ1) is 20.5. The number of carbonyl (C=O) groups excluding carboxylic acids is 3. The number of benzene rings is 2. The van der Waals surface area contributed by atoms with Gasteiger partial charge in [0.2, 0.25) is 11.8 Å². The van der Waals surface area contributed by atoms with Crippen LogP contribution in [0.15, 0.2) is 48.5 Å². The zero-order valence-corrected chi connectivity index (χ0v) is 16.2. The van der Waals surface area contributed by atoms with Gasteiger partial charge >= 0.3 is 5.97 Å². The van der Waals surface area contributed by atoms with Crippen LogP contribution in [0.3, 0.4) is 0 Å². The number of carbonyl (C=O) groups is 3. The Kier molecular flexibility index (Phi) is 6.26. The monoisotopic (exact) mass is 398 g/mol. The summed E-state index contributed by atoms with van der Waals surface area (Å²) in [7, 11) is 0. The van der Waals surface area contributed by atoms with Gasteiger partial charge in [0.05, 0.1) is 17.9 Å². The van der Waals surface area contributed by atoms with E-state index in [1.165, 1.54) is 12.1 Å².